The molecule has 0 radical (unpaired) electrons. The monoisotopic (exact) mass is 279 g/mol. The number of primary amides is 1. The van der Waals surface area contributed by atoms with Gasteiger partial charge in [-0.15, -0.1) is 0 Å². The van der Waals surface area contributed by atoms with Crippen molar-refractivity contribution in [2.75, 3.05) is 11.9 Å². The van der Waals surface area contributed by atoms with Gasteiger partial charge in [0.2, 0.25) is 5.91 Å². The summed E-state index contributed by atoms with van der Waals surface area (Å²) in [6, 6.07) is 4.00. The number of aliphatic hydroxyl groups excluding tert-OH is 1. The Hall–Kier alpha value is -2.15. The van der Waals surface area contributed by atoms with Crippen molar-refractivity contribution >= 4 is 17.3 Å². The van der Waals surface area contributed by atoms with E-state index in [1.807, 2.05) is 0 Å². The standard InChI is InChI=1S/C13H17N3O4/c14-13(18)9-2-4-12(16(19)20)11(6-9)15-7-8-1-3-10(17)5-8/h2,4,6,8,10,15,17H,1,3,5,7H2,(H2,14,18). The van der Waals surface area contributed by atoms with E-state index in [-0.39, 0.29) is 29.0 Å². The lowest BCUT2D eigenvalue weighted by Gasteiger charge is -2.12. The van der Waals surface area contributed by atoms with Crippen molar-refractivity contribution in [2.45, 2.75) is 25.4 Å². The molecule has 0 spiro atoms. The molecule has 1 fully saturated rings. The van der Waals surface area contributed by atoms with Crippen LogP contribution in [0.3, 0.4) is 0 Å². The number of nitro benzene ring substituents is 1. The van der Waals surface area contributed by atoms with Gasteiger partial charge >= 0.3 is 0 Å². The molecule has 2 atom stereocenters. The third-order valence-electron chi connectivity index (χ3n) is 3.57. The van der Waals surface area contributed by atoms with Crippen LogP contribution in [0.25, 0.3) is 0 Å². The van der Waals surface area contributed by atoms with Crippen molar-refractivity contribution in [2.24, 2.45) is 11.7 Å². The summed E-state index contributed by atoms with van der Waals surface area (Å²) in [7, 11) is 0. The lowest BCUT2D eigenvalue weighted by atomic mass is 10.1. The predicted molar refractivity (Wildman–Crippen MR) is 73.5 cm³/mol. The normalized spacial score (nSPS) is 21.6. The Balaban J connectivity index is 2.13. The number of benzene rings is 1. The number of carbonyl (C=O) groups excluding carboxylic acids is 1. The van der Waals surface area contributed by atoms with E-state index in [0.29, 0.717) is 13.0 Å². The number of nitrogens with zero attached hydrogens (tertiary/aromatic N) is 1. The zero-order valence-corrected chi connectivity index (χ0v) is 10.9. The number of hydrogen-bond donors (Lipinski definition) is 3. The molecule has 4 N–H and O–H groups in total. The highest BCUT2D eigenvalue weighted by molar-refractivity contribution is 5.94. The van der Waals surface area contributed by atoms with E-state index in [0.717, 1.165) is 12.8 Å². The third kappa shape index (κ3) is 3.24. The summed E-state index contributed by atoms with van der Waals surface area (Å²) < 4.78 is 0. The lowest BCUT2D eigenvalue weighted by molar-refractivity contribution is -0.384. The largest absolute Gasteiger partial charge is 0.393 e. The van der Waals surface area contributed by atoms with Crippen LogP contribution in [0.2, 0.25) is 0 Å². The van der Waals surface area contributed by atoms with Crippen molar-refractivity contribution in [3.05, 3.63) is 33.9 Å². The van der Waals surface area contributed by atoms with Gasteiger partial charge in [-0.1, -0.05) is 0 Å². The van der Waals surface area contributed by atoms with Gasteiger partial charge in [-0.05, 0) is 37.3 Å². The summed E-state index contributed by atoms with van der Waals surface area (Å²) in [6.07, 6.45) is 2.05. The number of rotatable bonds is 5. The van der Waals surface area contributed by atoms with Crippen LogP contribution in [0.15, 0.2) is 18.2 Å². The first-order chi connectivity index (χ1) is 9.47. The van der Waals surface area contributed by atoms with Crippen LogP contribution >= 0.6 is 0 Å². The van der Waals surface area contributed by atoms with Crippen molar-refractivity contribution < 1.29 is 14.8 Å². The number of hydrogen-bond acceptors (Lipinski definition) is 5. The predicted octanol–water partition coefficient (Wildman–Crippen LogP) is 1.27. The Bertz CT molecular complexity index is 532. The molecule has 0 saturated heterocycles. The number of carbonyl (C=O) groups is 1. The molecular weight excluding hydrogens is 262 g/mol. The number of amides is 1. The summed E-state index contributed by atoms with van der Waals surface area (Å²) in [5.41, 5.74) is 5.60. The Labute approximate surface area is 115 Å². The van der Waals surface area contributed by atoms with E-state index in [9.17, 15) is 20.0 Å². The fraction of sp³-hybridized carbons (Fsp3) is 0.462. The van der Waals surface area contributed by atoms with Gasteiger partial charge in [0.15, 0.2) is 0 Å². The minimum atomic E-state index is -0.626. The summed E-state index contributed by atoms with van der Waals surface area (Å²) in [4.78, 5) is 21.6. The van der Waals surface area contributed by atoms with Gasteiger partial charge in [-0.3, -0.25) is 14.9 Å². The molecule has 0 heterocycles. The maximum Gasteiger partial charge on any atom is 0.292 e. The first-order valence-electron chi connectivity index (χ1n) is 6.47. The molecule has 2 unspecified atom stereocenters. The van der Waals surface area contributed by atoms with Crippen molar-refractivity contribution in [1.82, 2.24) is 0 Å². The molecule has 7 heteroatoms. The van der Waals surface area contributed by atoms with Crippen molar-refractivity contribution in [1.29, 1.82) is 0 Å². The van der Waals surface area contributed by atoms with Crippen LogP contribution in [0.1, 0.15) is 29.6 Å². The third-order valence-corrected chi connectivity index (χ3v) is 3.57. The van der Waals surface area contributed by atoms with Gasteiger partial charge in [-0.25, -0.2) is 0 Å². The van der Waals surface area contributed by atoms with Crippen LogP contribution in [0.5, 0.6) is 0 Å². The molecule has 1 saturated carbocycles. The van der Waals surface area contributed by atoms with Gasteiger partial charge in [0.25, 0.3) is 5.69 Å². The Morgan fingerprint density at radius 1 is 1.50 bits per heavy atom. The summed E-state index contributed by atoms with van der Waals surface area (Å²) in [5.74, 6) is -0.346. The molecule has 0 aromatic heterocycles. The van der Waals surface area contributed by atoms with Crippen LogP contribution in [-0.4, -0.2) is 28.6 Å². The van der Waals surface area contributed by atoms with Crippen molar-refractivity contribution in [3.63, 3.8) is 0 Å². The lowest BCUT2D eigenvalue weighted by Crippen LogP contribution is -2.15. The molecule has 0 aliphatic heterocycles. The van der Waals surface area contributed by atoms with E-state index in [1.165, 1.54) is 18.2 Å². The van der Waals surface area contributed by atoms with Gasteiger partial charge in [0.05, 0.1) is 11.0 Å². The fourth-order valence-corrected chi connectivity index (χ4v) is 2.48. The topological polar surface area (TPSA) is 118 Å². The number of nitrogens with two attached hydrogens (primary N) is 1. The van der Waals surface area contributed by atoms with Crippen molar-refractivity contribution in [3.8, 4) is 0 Å². The molecule has 20 heavy (non-hydrogen) atoms. The summed E-state index contributed by atoms with van der Waals surface area (Å²) in [6.45, 7) is 0.528. The van der Waals surface area contributed by atoms with Crippen LogP contribution < -0.4 is 11.1 Å². The van der Waals surface area contributed by atoms with Crippen LogP contribution in [0.4, 0.5) is 11.4 Å². The Morgan fingerprint density at radius 3 is 2.80 bits per heavy atom. The van der Waals surface area contributed by atoms with Gasteiger partial charge in [-0.2, -0.15) is 0 Å². The van der Waals surface area contributed by atoms with Gasteiger partial charge in [0.1, 0.15) is 5.69 Å². The molecule has 1 aromatic carbocycles. The first-order valence-corrected chi connectivity index (χ1v) is 6.47. The number of nitro groups is 1. The van der Waals surface area contributed by atoms with E-state index in [1.54, 1.807) is 0 Å². The second-order valence-corrected chi connectivity index (χ2v) is 5.07. The Morgan fingerprint density at radius 2 is 2.25 bits per heavy atom. The van der Waals surface area contributed by atoms with E-state index < -0.39 is 10.8 Å². The highest BCUT2D eigenvalue weighted by Crippen LogP contribution is 2.29. The van der Waals surface area contributed by atoms with Gasteiger partial charge in [0, 0.05) is 18.2 Å². The molecule has 1 aliphatic carbocycles. The number of anilines is 1. The molecule has 108 valence electrons. The zero-order chi connectivity index (χ0) is 14.7. The molecule has 1 amide bonds. The molecule has 1 aromatic rings. The molecule has 7 nitrogen and oxygen atoms in total. The first kappa shape index (κ1) is 14.3. The average molecular weight is 279 g/mol. The molecule has 1 aliphatic rings. The van der Waals surface area contributed by atoms with Crippen LogP contribution in [-0.2, 0) is 0 Å². The van der Waals surface area contributed by atoms with E-state index >= 15 is 0 Å². The molecular formula is C13H17N3O4. The molecule has 2 rings (SSSR count). The van der Waals surface area contributed by atoms with E-state index in [2.05, 4.69) is 5.32 Å². The van der Waals surface area contributed by atoms with Crippen LogP contribution in [0, 0.1) is 16.0 Å². The summed E-state index contributed by atoms with van der Waals surface area (Å²) >= 11 is 0. The highest BCUT2D eigenvalue weighted by Gasteiger charge is 2.23. The molecule has 0 bridgehead atoms. The smallest absolute Gasteiger partial charge is 0.292 e. The maximum absolute atomic E-state index is 11.1. The number of nitrogens with one attached hydrogen (secondary N) is 1. The average Bonchev–Trinajstić information content (AvgIpc) is 2.81. The Kier molecular flexibility index (Phi) is 4.19. The highest BCUT2D eigenvalue weighted by atomic mass is 16.6. The maximum atomic E-state index is 11.1. The van der Waals surface area contributed by atoms with E-state index in [4.69, 9.17) is 5.73 Å². The minimum absolute atomic E-state index is 0.0893. The minimum Gasteiger partial charge on any atom is -0.393 e. The quantitative estimate of drug-likeness (QED) is 0.554. The zero-order valence-electron chi connectivity index (χ0n) is 10.9. The second kappa shape index (κ2) is 5.87. The SMILES string of the molecule is NC(=O)c1ccc([N+](=O)[O-])c(NCC2CCC(O)C2)c1. The second-order valence-electron chi connectivity index (χ2n) is 5.07. The number of aliphatic hydroxyl groups is 1. The fourth-order valence-electron chi connectivity index (χ4n) is 2.48. The van der Waals surface area contributed by atoms with Gasteiger partial charge < -0.3 is 16.2 Å². The summed E-state index contributed by atoms with van der Waals surface area (Å²) in [5, 5.41) is 23.4.